The first-order valence-corrected chi connectivity index (χ1v) is 14.0. The minimum Gasteiger partial charge on any atom is -0.378 e. The Labute approximate surface area is 207 Å². The van der Waals surface area contributed by atoms with E-state index in [1.54, 1.807) is 10.4 Å². The molecule has 1 amide bonds. The molecule has 2 aromatic carbocycles. The van der Waals surface area contributed by atoms with Gasteiger partial charge in [0.2, 0.25) is 15.9 Å². The van der Waals surface area contributed by atoms with E-state index in [0.29, 0.717) is 31.1 Å². The van der Waals surface area contributed by atoms with Crippen molar-refractivity contribution in [2.45, 2.75) is 37.1 Å². The third-order valence-electron chi connectivity index (χ3n) is 7.42. The molecule has 35 heavy (non-hydrogen) atoms. The predicted octanol–water partition coefficient (Wildman–Crippen LogP) is 2.35. The number of nitrogens with one attached hydrogen (secondary N) is 1. The molecule has 9 heteroatoms. The van der Waals surface area contributed by atoms with Crippen LogP contribution in [0.2, 0.25) is 0 Å². The van der Waals surface area contributed by atoms with Crippen LogP contribution in [-0.2, 0) is 32.4 Å². The fraction of sp³-hybridized carbons (Fsp3) is 0.500. The van der Waals surface area contributed by atoms with E-state index in [1.165, 1.54) is 5.56 Å². The summed E-state index contributed by atoms with van der Waals surface area (Å²) in [5, 5.41) is 3.00. The lowest BCUT2D eigenvalue weighted by Crippen LogP contribution is -2.53. The minimum atomic E-state index is -3.52. The van der Waals surface area contributed by atoms with Crippen molar-refractivity contribution in [3.05, 3.63) is 53.6 Å². The Bertz CT molecular complexity index is 1150. The van der Waals surface area contributed by atoms with Crippen molar-refractivity contribution in [1.29, 1.82) is 0 Å². The zero-order chi connectivity index (χ0) is 24.4. The van der Waals surface area contributed by atoms with Gasteiger partial charge in [0.25, 0.3) is 0 Å². The van der Waals surface area contributed by atoms with Gasteiger partial charge in [-0.1, -0.05) is 6.07 Å². The Morgan fingerprint density at radius 1 is 0.914 bits per heavy atom. The normalized spacial score (nSPS) is 20.4. The van der Waals surface area contributed by atoms with E-state index in [-0.39, 0.29) is 11.9 Å². The van der Waals surface area contributed by atoms with E-state index in [9.17, 15) is 13.2 Å². The van der Waals surface area contributed by atoms with E-state index in [1.807, 2.05) is 48.2 Å². The molecule has 0 aromatic heterocycles. The van der Waals surface area contributed by atoms with Gasteiger partial charge in [-0.05, 0) is 73.7 Å². The van der Waals surface area contributed by atoms with Gasteiger partial charge in [0.1, 0.15) is 0 Å². The van der Waals surface area contributed by atoms with Gasteiger partial charge in [-0.2, -0.15) is 4.31 Å². The summed E-state index contributed by atoms with van der Waals surface area (Å²) in [7, 11) is -3.52. The maximum atomic E-state index is 13.2. The van der Waals surface area contributed by atoms with Gasteiger partial charge < -0.3 is 15.0 Å². The number of aryl methyl sites for hydroxylation is 2. The van der Waals surface area contributed by atoms with Crippen LogP contribution in [0.15, 0.2) is 47.4 Å². The molecule has 1 unspecified atom stereocenters. The third-order valence-corrected chi connectivity index (χ3v) is 9.31. The molecular weight excluding hydrogens is 464 g/mol. The quantitative estimate of drug-likeness (QED) is 0.659. The highest BCUT2D eigenvalue weighted by atomic mass is 32.2. The number of hydrogen-bond acceptors (Lipinski definition) is 6. The molecular formula is C26H34N4O4S. The highest BCUT2D eigenvalue weighted by Gasteiger charge is 2.32. The molecule has 188 valence electrons. The fourth-order valence-electron chi connectivity index (χ4n) is 5.18. The van der Waals surface area contributed by atoms with Crippen LogP contribution in [0, 0.1) is 0 Å². The number of benzene rings is 2. The van der Waals surface area contributed by atoms with Crippen molar-refractivity contribution in [1.82, 2.24) is 9.21 Å². The molecule has 0 saturated carbocycles. The number of rotatable bonds is 6. The van der Waals surface area contributed by atoms with Gasteiger partial charge in [-0.15, -0.1) is 0 Å². The standard InChI is InChI=1S/C26H34N4O4S/c1-20(26(31)27-23-6-8-24(9-7-23)29-15-17-34-18-16-29)28-11-13-30(14-12-28)35(32,33)25-10-5-21-3-2-4-22(21)19-25/h5-10,19-20H,2-4,11-18H2,1H3,(H,27,31). The number of morpholine rings is 1. The average molecular weight is 499 g/mol. The topological polar surface area (TPSA) is 82.2 Å². The van der Waals surface area contributed by atoms with E-state index in [0.717, 1.165) is 62.5 Å². The Kier molecular flexibility index (Phi) is 7.11. The molecule has 0 radical (unpaired) electrons. The van der Waals surface area contributed by atoms with Crippen LogP contribution in [0.4, 0.5) is 11.4 Å². The smallest absolute Gasteiger partial charge is 0.243 e. The van der Waals surface area contributed by atoms with Crippen LogP contribution < -0.4 is 10.2 Å². The fourth-order valence-corrected chi connectivity index (χ4v) is 6.65. The van der Waals surface area contributed by atoms with E-state index >= 15 is 0 Å². The van der Waals surface area contributed by atoms with Crippen molar-refractivity contribution < 1.29 is 17.9 Å². The van der Waals surface area contributed by atoms with Gasteiger partial charge in [-0.3, -0.25) is 9.69 Å². The molecule has 1 N–H and O–H groups in total. The van der Waals surface area contributed by atoms with Gasteiger partial charge in [0, 0.05) is 50.6 Å². The molecule has 2 aliphatic heterocycles. The molecule has 5 rings (SSSR count). The van der Waals surface area contributed by atoms with Gasteiger partial charge in [0.15, 0.2) is 0 Å². The Hall–Kier alpha value is -2.46. The third kappa shape index (κ3) is 5.23. The molecule has 2 aromatic rings. The van der Waals surface area contributed by atoms with E-state index in [2.05, 4.69) is 10.2 Å². The lowest BCUT2D eigenvalue weighted by Gasteiger charge is -2.36. The highest BCUT2D eigenvalue weighted by Crippen LogP contribution is 2.27. The summed E-state index contributed by atoms with van der Waals surface area (Å²) in [4.78, 5) is 17.6. The Morgan fingerprint density at radius 2 is 1.60 bits per heavy atom. The molecule has 3 aliphatic rings. The first kappa shape index (κ1) is 24.2. The molecule has 8 nitrogen and oxygen atoms in total. The second-order valence-electron chi connectivity index (χ2n) is 9.54. The maximum absolute atomic E-state index is 13.2. The summed E-state index contributed by atoms with van der Waals surface area (Å²) in [6.45, 7) is 6.89. The van der Waals surface area contributed by atoms with E-state index in [4.69, 9.17) is 4.74 Å². The monoisotopic (exact) mass is 498 g/mol. The van der Waals surface area contributed by atoms with Crippen LogP contribution in [-0.4, -0.2) is 82.1 Å². The molecule has 0 bridgehead atoms. The first-order chi connectivity index (χ1) is 16.9. The lowest BCUT2D eigenvalue weighted by atomic mass is 10.1. The van der Waals surface area contributed by atoms with Gasteiger partial charge >= 0.3 is 0 Å². The largest absolute Gasteiger partial charge is 0.378 e. The highest BCUT2D eigenvalue weighted by molar-refractivity contribution is 7.89. The van der Waals surface area contributed by atoms with Gasteiger partial charge in [0.05, 0.1) is 24.2 Å². The molecule has 2 fully saturated rings. The number of piperazine rings is 1. The summed E-state index contributed by atoms with van der Waals surface area (Å²) in [5.74, 6) is -0.0842. The number of anilines is 2. The van der Waals surface area contributed by atoms with Crippen LogP contribution in [0.1, 0.15) is 24.5 Å². The summed E-state index contributed by atoms with van der Waals surface area (Å²) >= 11 is 0. The van der Waals surface area contributed by atoms with Crippen LogP contribution in [0.5, 0.6) is 0 Å². The summed E-state index contributed by atoms with van der Waals surface area (Å²) in [5.41, 5.74) is 4.31. The molecule has 1 atom stereocenters. The number of carbonyl (C=O) groups is 1. The first-order valence-electron chi connectivity index (χ1n) is 12.5. The number of ether oxygens (including phenoxy) is 1. The van der Waals surface area contributed by atoms with Crippen molar-refractivity contribution in [3.63, 3.8) is 0 Å². The minimum absolute atomic E-state index is 0.0842. The number of amides is 1. The summed E-state index contributed by atoms with van der Waals surface area (Å²) in [6, 6.07) is 13.1. The van der Waals surface area contributed by atoms with Crippen LogP contribution in [0.3, 0.4) is 0 Å². The Balaban J connectivity index is 1.15. The second-order valence-corrected chi connectivity index (χ2v) is 11.5. The zero-order valence-electron chi connectivity index (χ0n) is 20.3. The summed E-state index contributed by atoms with van der Waals surface area (Å²) in [6.07, 6.45) is 3.08. The number of sulfonamides is 1. The number of hydrogen-bond donors (Lipinski definition) is 1. The SMILES string of the molecule is CC(C(=O)Nc1ccc(N2CCOCC2)cc1)N1CCN(S(=O)(=O)c2ccc3c(c2)CCC3)CC1. The Morgan fingerprint density at radius 3 is 2.31 bits per heavy atom. The average Bonchev–Trinajstić information content (AvgIpc) is 3.37. The van der Waals surface area contributed by atoms with E-state index < -0.39 is 10.0 Å². The number of fused-ring (bicyclic) bond motifs is 1. The van der Waals surface area contributed by atoms with Crippen LogP contribution in [0.25, 0.3) is 0 Å². The van der Waals surface area contributed by atoms with Crippen molar-refractivity contribution in [3.8, 4) is 0 Å². The molecule has 0 spiro atoms. The van der Waals surface area contributed by atoms with Gasteiger partial charge in [-0.25, -0.2) is 8.42 Å². The molecule has 2 saturated heterocycles. The molecule has 2 heterocycles. The predicted molar refractivity (Wildman–Crippen MR) is 136 cm³/mol. The molecule has 1 aliphatic carbocycles. The lowest BCUT2D eigenvalue weighted by molar-refractivity contribution is -0.121. The maximum Gasteiger partial charge on any atom is 0.243 e. The second kappa shape index (κ2) is 10.3. The van der Waals surface area contributed by atoms with Crippen molar-refractivity contribution in [2.75, 3.05) is 62.7 Å². The van der Waals surface area contributed by atoms with Crippen molar-refractivity contribution >= 4 is 27.3 Å². The van der Waals surface area contributed by atoms with Crippen LogP contribution >= 0.6 is 0 Å². The van der Waals surface area contributed by atoms with Crippen molar-refractivity contribution in [2.24, 2.45) is 0 Å². The zero-order valence-corrected chi connectivity index (χ0v) is 21.1. The number of carbonyl (C=O) groups excluding carboxylic acids is 1. The number of nitrogens with zero attached hydrogens (tertiary/aromatic N) is 3. The summed E-state index contributed by atoms with van der Waals surface area (Å²) < 4.78 is 33.4.